The van der Waals surface area contributed by atoms with Crippen molar-refractivity contribution in [3.8, 4) is 0 Å². The number of amides is 1. The van der Waals surface area contributed by atoms with Gasteiger partial charge in [0.25, 0.3) is 0 Å². The van der Waals surface area contributed by atoms with Crippen LogP contribution >= 0.6 is 0 Å². The predicted octanol–water partition coefficient (Wildman–Crippen LogP) is 3.30. The van der Waals surface area contributed by atoms with Gasteiger partial charge in [0.05, 0.1) is 0 Å². The van der Waals surface area contributed by atoms with Crippen molar-refractivity contribution < 1.29 is 19.8 Å². The lowest BCUT2D eigenvalue weighted by Gasteiger charge is -2.16. The lowest BCUT2D eigenvalue weighted by atomic mass is 10.1. The predicted molar refractivity (Wildman–Crippen MR) is 87.0 cm³/mol. The van der Waals surface area contributed by atoms with E-state index in [1.165, 1.54) is 44.9 Å². The second-order valence-electron chi connectivity index (χ2n) is 6.01. The second kappa shape index (κ2) is 12.3. The second-order valence-corrected chi connectivity index (χ2v) is 6.01. The van der Waals surface area contributed by atoms with Crippen LogP contribution in [0, 0.1) is 0 Å². The first-order valence-electron chi connectivity index (χ1n) is 8.38. The molecule has 1 aliphatic rings. The zero-order chi connectivity index (χ0) is 17.0. The number of carboxylic acids is 1. The molecular weight excluding hydrogens is 284 g/mol. The molecule has 0 saturated carbocycles. The molecule has 130 valence electrons. The van der Waals surface area contributed by atoms with Crippen molar-refractivity contribution >= 4 is 12.1 Å². The van der Waals surface area contributed by atoms with Gasteiger partial charge in [-0.2, -0.15) is 0 Å². The number of likely N-dealkylation sites (tertiary alicyclic amines) is 1. The maximum Gasteiger partial charge on any atom is 0.408 e. The van der Waals surface area contributed by atoms with Gasteiger partial charge in [-0.3, -0.25) is 4.90 Å². The highest BCUT2D eigenvalue weighted by atomic mass is 16.4. The Morgan fingerprint density at radius 2 is 1.77 bits per heavy atom. The first-order valence-corrected chi connectivity index (χ1v) is 8.38. The van der Waals surface area contributed by atoms with E-state index in [0.717, 1.165) is 4.90 Å². The molecule has 1 heterocycles. The number of hydrogen-bond donors (Lipinski definition) is 3. The van der Waals surface area contributed by atoms with E-state index in [9.17, 15) is 9.59 Å². The highest BCUT2D eigenvalue weighted by Gasteiger charge is 2.33. The van der Waals surface area contributed by atoms with E-state index >= 15 is 0 Å². The van der Waals surface area contributed by atoms with Crippen molar-refractivity contribution in [3.05, 3.63) is 0 Å². The summed E-state index contributed by atoms with van der Waals surface area (Å²) in [5.74, 6) is -1.05. The molecule has 6 nitrogen and oxygen atoms in total. The number of carbonyl (C=O) groups is 2. The molecule has 22 heavy (non-hydrogen) atoms. The minimum Gasteiger partial charge on any atom is -0.480 e. The first-order chi connectivity index (χ1) is 10.4. The first kappa shape index (κ1) is 20.7. The van der Waals surface area contributed by atoms with Gasteiger partial charge in [0.1, 0.15) is 6.04 Å². The number of nitrogens with two attached hydrogens (primary N) is 1. The van der Waals surface area contributed by atoms with Crippen LogP contribution in [-0.2, 0) is 4.79 Å². The summed E-state index contributed by atoms with van der Waals surface area (Å²) in [4.78, 5) is 21.8. The smallest absolute Gasteiger partial charge is 0.408 e. The Balaban J connectivity index is 0.000000401. The SMILES string of the molecule is CCCCCCCCC(C)N.O=C(O)[C@@H]1CCCN1C(=O)O. The van der Waals surface area contributed by atoms with E-state index < -0.39 is 18.1 Å². The zero-order valence-electron chi connectivity index (χ0n) is 14.0. The van der Waals surface area contributed by atoms with Gasteiger partial charge in [0.15, 0.2) is 0 Å². The Labute approximate surface area is 133 Å². The van der Waals surface area contributed by atoms with Gasteiger partial charge in [0, 0.05) is 12.6 Å². The molecule has 4 N–H and O–H groups in total. The Hall–Kier alpha value is -1.30. The van der Waals surface area contributed by atoms with Gasteiger partial charge in [-0.1, -0.05) is 45.4 Å². The van der Waals surface area contributed by atoms with Gasteiger partial charge < -0.3 is 15.9 Å². The van der Waals surface area contributed by atoms with Crippen molar-refractivity contribution in [2.24, 2.45) is 5.73 Å². The number of hydrogen-bond acceptors (Lipinski definition) is 3. The van der Waals surface area contributed by atoms with Gasteiger partial charge in [0.2, 0.25) is 0 Å². The van der Waals surface area contributed by atoms with Crippen molar-refractivity contribution in [3.63, 3.8) is 0 Å². The fourth-order valence-electron chi connectivity index (χ4n) is 2.50. The van der Waals surface area contributed by atoms with Crippen molar-refractivity contribution in [1.29, 1.82) is 0 Å². The van der Waals surface area contributed by atoms with Crippen LogP contribution in [0.4, 0.5) is 4.79 Å². The van der Waals surface area contributed by atoms with E-state index in [4.69, 9.17) is 15.9 Å². The number of nitrogens with zero attached hydrogens (tertiary/aromatic N) is 1. The van der Waals surface area contributed by atoms with Crippen molar-refractivity contribution in [2.45, 2.75) is 83.7 Å². The zero-order valence-corrected chi connectivity index (χ0v) is 14.0. The molecule has 2 atom stereocenters. The van der Waals surface area contributed by atoms with Crippen molar-refractivity contribution in [1.82, 2.24) is 4.90 Å². The molecule has 0 spiro atoms. The van der Waals surface area contributed by atoms with Crippen LogP contribution in [0.25, 0.3) is 0 Å². The molecule has 0 aliphatic carbocycles. The number of unbranched alkanes of at least 4 members (excludes halogenated alkanes) is 5. The largest absolute Gasteiger partial charge is 0.480 e. The maximum atomic E-state index is 10.4. The summed E-state index contributed by atoms with van der Waals surface area (Å²) in [5.41, 5.74) is 5.63. The average molecular weight is 316 g/mol. The number of rotatable bonds is 8. The van der Waals surface area contributed by atoms with E-state index in [-0.39, 0.29) is 0 Å². The van der Waals surface area contributed by atoms with Gasteiger partial charge in [-0.05, 0) is 26.2 Å². The fraction of sp³-hybridized carbons (Fsp3) is 0.875. The summed E-state index contributed by atoms with van der Waals surface area (Å²) >= 11 is 0. The minimum atomic E-state index is -1.14. The Kier molecular flexibility index (Phi) is 11.5. The molecule has 1 saturated heterocycles. The monoisotopic (exact) mass is 316 g/mol. The molecule has 1 amide bonds. The number of aliphatic carboxylic acids is 1. The standard InChI is InChI=1S/C10H23N.C6H9NO4/c1-3-4-5-6-7-8-9-10(2)11;8-5(9)4-2-1-3-7(4)6(10)11/h10H,3-9,11H2,1-2H3;4H,1-3H2,(H,8,9)(H,10,11)/t;4-/m.0/s1. The summed E-state index contributed by atoms with van der Waals surface area (Å²) in [6, 6.07) is -0.423. The van der Waals surface area contributed by atoms with Crippen LogP contribution in [0.3, 0.4) is 0 Å². The molecule has 0 radical (unpaired) electrons. The molecule has 0 aromatic heterocycles. The van der Waals surface area contributed by atoms with Crippen molar-refractivity contribution in [2.75, 3.05) is 6.54 Å². The lowest BCUT2D eigenvalue weighted by Crippen LogP contribution is -2.39. The summed E-state index contributed by atoms with van der Waals surface area (Å²) in [7, 11) is 0. The Morgan fingerprint density at radius 3 is 2.23 bits per heavy atom. The Morgan fingerprint density at radius 1 is 1.18 bits per heavy atom. The molecule has 1 fully saturated rings. The third-order valence-corrected chi connectivity index (χ3v) is 3.80. The van der Waals surface area contributed by atoms with Crippen LogP contribution < -0.4 is 5.73 Å². The normalized spacial score (nSPS) is 18.5. The topological polar surface area (TPSA) is 104 Å². The van der Waals surface area contributed by atoms with Gasteiger partial charge >= 0.3 is 12.1 Å². The Bertz CT molecular complexity index is 301. The minimum absolute atomic E-state index is 0.340. The summed E-state index contributed by atoms with van der Waals surface area (Å²) in [6.45, 7) is 4.68. The maximum absolute atomic E-state index is 10.4. The average Bonchev–Trinajstić information content (AvgIpc) is 2.93. The summed E-state index contributed by atoms with van der Waals surface area (Å²) < 4.78 is 0. The quantitative estimate of drug-likeness (QED) is 0.596. The van der Waals surface area contributed by atoms with E-state index in [0.29, 0.717) is 25.4 Å². The van der Waals surface area contributed by atoms with Crippen LogP contribution in [0.1, 0.15) is 71.6 Å². The van der Waals surface area contributed by atoms with Crippen LogP contribution in [-0.4, -0.2) is 45.8 Å². The third kappa shape index (κ3) is 9.60. The van der Waals surface area contributed by atoms with E-state index in [2.05, 4.69) is 13.8 Å². The molecule has 0 bridgehead atoms. The van der Waals surface area contributed by atoms with E-state index in [1.807, 2.05) is 0 Å². The molecule has 1 unspecified atom stereocenters. The molecule has 1 rings (SSSR count). The van der Waals surface area contributed by atoms with Crippen LogP contribution in [0.2, 0.25) is 0 Å². The number of carboxylic acid groups (broad SMARTS) is 2. The highest BCUT2D eigenvalue weighted by molar-refractivity contribution is 5.79. The van der Waals surface area contributed by atoms with Crippen LogP contribution in [0.15, 0.2) is 0 Å². The lowest BCUT2D eigenvalue weighted by molar-refractivity contribution is -0.141. The fourth-order valence-corrected chi connectivity index (χ4v) is 2.50. The van der Waals surface area contributed by atoms with Gasteiger partial charge in [-0.25, -0.2) is 9.59 Å². The van der Waals surface area contributed by atoms with E-state index in [1.54, 1.807) is 0 Å². The molecule has 6 heteroatoms. The summed E-state index contributed by atoms with van der Waals surface area (Å²) in [5, 5.41) is 17.0. The molecule has 0 aromatic carbocycles. The molecule has 1 aliphatic heterocycles. The summed E-state index contributed by atoms with van der Waals surface area (Å²) in [6.07, 6.45) is 9.39. The van der Waals surface area contributed by atoms with Gasteiger partial charge in [-0.15, -0.1) is 0 Å². The molecular formula is C16H32N2O4. The van der Waals surface area contributed by atoms with Crippen LogP contribution in [0.5, 0.6) is 0 Å². The highest BCUT2D eigenvalue weighted by Crippen LogP contribution is 2.16. The third-order valence-electron chi connectivity index (χ3n) is 3.80. The molecule has 0 aromatic rings.